The van der Waals surface area contributed by atoms with E-state index in [-0.39, 0.29) is 18.1 Å². The van der Waals surface area contributed by atoms with Crippen LogP contribution >= 0.6 is 0 Å². The zero-order valence-corrected chi connectivity index (χ0v) is 26.0. The van der Waals surface area contributed by atoms with E-state index in [9.17, 15) is 19.5 Å². The Kier molecular flexibility index (Phi) is 11.5. The van der Waals surface area contributed by atoms with Crippen LogP contribution in [0, 0.1) is 0 Å². The summed E-state index contributed by atoms with van der Waals surface area (Å²) in [5.74, 6) is -0.554. The Morgan fingerprint density at radius 3 is 2.15 bits per heavy atom. The molecule has 0 bridgehead atoms. The number of carboxylic acid groups (broad SMARTS) is 1. The number of hydrogen-bond donors (Lipinski definition) is 2. The number of carboxylic acids is 1. The maximum absolute atomic E-state index is 13.2. The van der Waals surface area contributed by atoms with Crippen molar-refractivity contribution in [1.82, 2.24) is 9.88 Å². The fourth-order valence-corrected chi connectivity index (χ4v) is 5.22. The first-order valence-electron chi connectivity index (χ1n) is 15.6. The molecule has 0 saturated heterocycles. The molecule has 0 saturated carbocycles. The van der Waals surface area contributed by atoms with E-state index in [1.54, 1.807) is 73.1 Å². The molecule has 0 spiro atoms. The van der Waals surface area contributed by atoms with Crippen molar-refractivity contribution in [3.63, 3.8) is 0 Å². The van der Waals surface area contributed by atoms with Crippen molar-refractivity contribution in [2.24, 2.45) is 0 Å². The smallest absolute Gasteiger partial charge is 0.326 e. The topological polar surface area (TPSA) is 109 Å². The molecule has 47 heavy (non-hydrogen) atoms. The van der Waals surface area contributed by atoms with Gasteiger partial charge in [0.1, 0.15) is 18.4 Å². The lowest BCUT2D eigenvalue weighted by molar-refractivity contribution is -0.138. The minimum atomic E-state index is -1.03. The van der Waals surface area contributed by atoms with Crippen LogP contribution in [-0.2, 0) is 29.0 Å². The number of nitrogens with zero attached hydrogens (tertiary/aromatic N) is 2. The van der Waals surface area contributed by atoms with E-state index in [1.807, 2.05) is 65.6 Å². The number of pyridine rings is 1. The number of ether oxygens (including phenoxy) is 1. The van der Waals surface area contributed by atoms with Gasteiger partial charge in [-0.2, -0.15) is 0 Å². The summed E-state index contributed by atoms with van der Waals surface area (Å²) >= 11 is 0. The Balaban J connectivity index is 1.18. The van der Waals surface area contributed by atoms with E-state index in [0.717, 1.165) is 16.7 Å². The van der Waals surface area contributed by atoms with E-state index in [4.69, 9.17) is 4.74 Å². The van der Waals surface area contributed by atoms with Gasteiger partial charge in [-0.1, -0.05) is 91.0 Å². The summed E-state index contributed by atoms with van der Waals surface area (Å²) < 4.78 is 6.00. The molecule has 0 aliphatic rings. The number of rotatable bonds is 16. The van der Waals surface area contributed by atoms with Gasteiger partial charge in [0.25, 0.3) is 0 Å². The third kappa shape index (κ3) is 9.61. The first kappa shape index (κ1) is 32.6. The van der Waals surface area contributed by atoms with Crippen molar-refractivity contribution in [2.75, 3.05) is 18.5 Å². The van der Waals surface area contributed by atoms with Crippen molar-refractivity contribution in [1.29, 1.82) is 0 Å². The summed E-state index contributed by atoms with van der Waals surface area (Å²) in [5, 5.41) is 13.1. The van der Waals surface area contributed by atoms with Crippen LogP contribution in [0.1, 0.15) is 39.0 Å². The van der Waals surface area contributed by atoms with Gasteiger partial charge >= 0.3 is 5.97 Å². The van der Waals surface area contributed by atoms with Gasteiger partial charge in [-0.15, -0.1) is 0 Å². The SMILES string of the molecule is O=C(c1ccccc1)c1ccccc1N[C@@H](Cc1ccc(OCCN(Cc2ccccc2)C(=O)CCc2cccnc2)cc1)C(=O)O. The van der Waals surface area contributed by atoms with Crippen LogP contribution < -0.4 is 10.1 Å². The third-order valence-corrected chi connectivity index (χ3v) is 7.75. The highest BCUT2D eigenvalue weighted by Crippen LogP contribution is 2.22. The lowest BCUT2D eigenvalue weighted by atomic mass is 10.00. The van der Waals surface area contributed by atoms with Crippen molar-refractivity contribution in [2.45, 2.75) is 31.8 Å². The van der Waals surface area contributed by atoms with E-state index in [2.05, 4.69) is 10.3 Å². The number of hydrogen-bond acceptors (Lipinski definition) is 6. The highest BCUT2D eigenvalue weighted by Gasteiger charge is 2.21. The van der Waals surface area contributed by atoms with E-state index >= 15 is 0 Å². The summed E-state index contributed by atoms with van der Waals surface area (Å²) in [5.41, 5.74) is 4.25. The van der Waals surface area contributed by atoms with Crippen molar-refractivity contribution in [3.05, 3.63) is 162 Å². The number of carbonyl (C=O) groups excluding carboxylic acids is 2. The Hall–Kier alpha value is -5.76. The molecule has 8 nitrogen and oxygen atoms in total. The first-order valence-corrected chi connectivity index (χ1v) is 15.6. The van der Waals surface area contributed by atoms with Crippen LogP contribution in [0.25, 0.3) is 0 Å². The van der Waals surface area contributed by atoms with E-state index in [0.29, 0.717) is 55.1 Å². The molecule has 2 N–H and O–H groups in total. The number of carbonyl (C=O) groups is 3. The molecule has 0 radical (unpaired) electrons. The molecule has 0 aliphatic heterocycles. The van der Waals surface area contributed by atoms with Gasteiger partial charge in [-0.3, -0.25) is 14.6 Å². The highest BCUT2D eigenvalue weighted by molar-refractivity contribution is 6.12. The molecule has 1 amide bonds. The van der Waals surface area contributed by atoms with Gasteiger partial charge in [0.05, 0.1) is 6.54 Å². The number of aryl methyl sites for hydroxylation is 1. The quantitative estimate of drug-likeness (QED) is 0.121. The molecule has 1 aromatic heterocycles. The fraction of sp³-hybridized carbons (Fsp3) is 0.179. The third-order valence-electron chi connectivity index (χ3n) is 7.75. The predicted molar refractivity (Wildman–Crippen MR) is 181 cm³/mol. The van der Waals surface area contributed by atoms with Gasteiger partial charge in [0, 0.05) is 48.6 Å². The summed E-state index contributed by atoms with van der Waals surface area (Å²) in [7, 11) is 0. The van der Waals surface area contributed by atoms with Gasteiger partial charge in [0.15, 0.2) is 5.78 Å². The number of amides is 1. The Morgan fingerprint density at radius 1 is 0.766 bits per heavy atom. The molecule has 1 heterocycles. The number of nitrogens with one attached hydrogen (secondary N) is 1. The van der Waals surface area contributed by atoms with Gasteiger partial charge in [-0.25, -0.2) is 4.79 Å². The van der Waals surface area contributed by atoms with Gasteiger partial charge in [-0.05, 0) is 53.4 Å². The normalized spacial score (nSPS) is 11.3. The monoisotopic (exact) mass is 627 g/mol. The fourth-order valence-electron chi connectivity index (χ4n) is 5.22. The average Bonchev–Trinajstić information content (AvgIpc) is 3.11. The summed E-state index contributed by atoms with van der Waals surface area (Å²) in [6, 6.07) is 35.8. The van der Waals surface area contributed by atoms with Crippen LogP contribution in [0.15, 0.2) is 134 Å². The second kappa shape index (κ2) is 16.5. The predicted octanol–water partition coefficient (Wildman–Crippen LogP) is 6.46. The molecular weight excluding hydrogens is 590 g/mol. The molecule has 5 rings (SSSR count). The molecule has 0 aliphatic carbocycles. The molecule has 1 atom stereocenters. The number of aliphatic carboxylic acids is 1. The van der Waals surface area contributed by atoms with Crippen LogP contribution in [0.2, 0.25) is 0 Å². The van der Waals surface area contributed by atoms with Crippen molar-refractivity contribution >= 4 is 23.3 Å². The van der Waals surface area contributed by atoms with Crippen molar-refractivity contribution < 1.29 is 24.2 Å². The second-order valence-electron chi connectivity index (χ2n) is 11.1. The zero-order chi connectivity index (χ0) is 32.8. The Labute approximate surface area is 274 Å². The maximum Gasteiger partial charge on any atom is 0.326 e. The highest BCUT2D eigenvalue weighted by atomic mass is 16.5. The number of anilines is 1. The lowest BCUT2D eigenvalue weighted by Gasteiger charge is -2.23. The van der Waals surface area contributed by atoms with E-state index in [1.165, 1.54) is 0 Å². The van der Waals surface area contributed by atoms with Crippen LogP contribution in [-0.4, -0.2) is 51.8 Å². The molecule has 0 unspecified atom stereocenters. The minimum Gasteiger partial charge on any atom is -0.492 e. The lowest BCUT2D eigenvalue weighted by Crippen LogP contribution is -2.34. The number of aromatic nitrogens is 1. The molecule has 5 aromatic rings. The Morgan fingerprint density at radius 2 is 1.45 bits per heavy atom. The summed E-state index contributed by atoms with van der Waals surface area (Å²) in [4.78, 5) is 44.5. The molecular formula is C39H37N3O5. The zero-order valence-electron chi connectivity index (χ0n) is 26.0. The molecule has 0 fully saturated rings. The summed E-state index contributed by atoms with van der Waals surface area (Å²) in [6.07, 6.45) is 4.68. The number of ketones is 1. The first-order chi connectivity index (χ1) is 23.0. The molecule has 4 aromatic carbocycles. The molecule has 238 valence electrons. The number of para-hydroxylation sites is 1. The van der Waals surface area contributed by atoms with E-state index < -0.39 is 12.0 Å². The van der Waals surface area contributed by atoms with Crippen LogP contribution in [0.5, 0.6) is 5.75 Å². The Bertz CT molecular complexity index is 1750. The van der Waals surface area contributed by atoms with Gasteiger partial charge in [0.2, 0.25) is 5.91 Å². The van der Waals surface area contributed by atoms with Crippen LogP contribution in [0.4, 0.5) is 5.69 Å². The van der Waals surface area contributed by atoms with Crippen LogP contribution in [0.3, 0.4) is 0 Å². The second-order valence-corrected chi connectivity index (χ2v) is 11.1. The molecule has 8 heteroatoms. The minimum absolute atomic E-state index is 0.0379. The standard InChI is InChI=1S/C39H37N3O5/c43-37(22-19-30-12-9-23-40-27-30)42(28-31-10-3-1-4-11-31)24-25-47-33-20-17-29(18-21-33)26-36(39(45)46)41-35-16-8-7-15-34(35)38(44)32-13-5-2-6-14-32/h1-18,20-21,23,27,36,41H,19,22,24-26,28H2,(H,45,46)/t36-/m0/s1. The average molecular weight is 628 g/mol. The number of benzene rings is 4. The maximum atomic E-state index is 13.2. The largest absolute Gasteiger partial charge is 0.492 e. The van der Waals surface area contributed by atoms with Gasteiger partial charge < -0.3 is 20.1 Å². The summed E-state index contributed by atoms with van der Waals surface area (Å²) in [6.45, 7) is 1.20. The van der Waals surface area contributed by atoms with Crippen molar-refractivity contribution in [3.8, 4) is 5.75 Å².